The molecule has 0 amide bonds. The third kappa shape index (κ3) is 3.98. The third-order valence-corrected chi connectivity index (χ3v) is 4.73. The zero-order valence-electron chi connectivity index (χ0n) is 14.2. The largest absolute Gasteiger partial charge is 0.324 e. The van der Waals surface area contributed by atoms with E-state index in [4.69, 9.17) is 11.6 Å². The predicted octanol–water partition coefficient (Wildman–Crippen LogP) is 4.00. The van der Waals surface area contributed by atoms with Gasteiger partial charge in [-0.2, -0.15) is 0 Å². The average molecular weight is 367 g/mol. The van der Waals surface area contributed by atoms with E-state index < -0.39 is 0 Å². The minimum Gasteiger partial charge on any atom is -0.324 e. The molecule has 0 spiro atoms. The third-order valence-electron chi connectivity index (χ3n) is 4.51. The molecule has 3 aromatic rings. The number of pyridine rings is 2. The molecule has 1 atom stereocenters. The zero-order chi connectivity index (χ0) is 17.8. The minimum atomic E-state index is 0.359. The van der Waals surface area contributed by atoms with Crippen molar-refractivity contribution < 1.29 is 0 Å². The van der Waals surface area contributed by atoms with Crippen LogP contribution in [0.4, 0.5) is 11.6 Å². The van der Waals surface area contributed by atoms with Crippen molar-refractivity contribution in [2.45, 2.75) is 25.4 Å². The first kappa shape index (κ1) is 16.9. The molecule has 3 aromatic heterocycles. The van der Waals surface area contributed by atoms with E-state index in [1.807, 2.05) is 18.3 Å². The summed E-state index contributed by atoms with van der Waals surface area (Å²) < 4.78 is 0. The number of nitrogens with one attached hydrogen (secondary N) is 1. The molecule has 0 aliphatic carbocycles. The first-order valence-electron chi connectivity index (χ1n) is 8.61. The molecule has 1 aliphatic rings. The quantitative estimate of drug-likeness (QED) is 0.736. The Morgan fingerprint density at radius 3 is 2.77 bits per heavy atom. The van der Waals surface area contributed by atoms with Gasteiger partial charge in [-0.15, -0.1) is 0 Å². The topological polar surface area (TPSA) is 66.8 Å². The highest BCUT2D eigenvalue weighted by Gasteiger charge is 2.26. The van der Waals surface area contributed by atoms with E-state index in [1.165, 1.54) is 12.0 Å². The van der Waals surface area contributed by atoms with E-state index in [9.17, 15) is 0 Å². The number of nitrogens with zero attached hydrogens (tertiary/aromatic N) is 5. The Morgan fingerprint density at radius 1 is 1.04 bits per heavy atom. The molecule has 0 aromatic carbocycles. The lowest BCUT2D eigenvalue weighted by molar-refractivity contribution is 0.245. The summed E-state index contributed by atoms with van der Waals surface area (Å²) in [7, 11) is 0. The van der Waals surface area contributed by atoms with Crippen molar-refractivity contribution in [3.63, 3.8) is 0 Å². The Bertz CT molecular complexity index is 855. The highest BCUT2D eigenvalue weighted by molar-refractivity contribution is 6.30. The van der Waals surface area contributed by atoms with Crippen molar-refractivity contribution >= 4 is 23.2 Å². The number of aromatic nitrogens is 4. The van der Waals surface area contributed by atoms with Crippen LogP contribution in [0.2, 0.25) is 5.02 Å². The second kappa shape index (κ2) is 7.76. The smallest absolute Gasteiger partial charge is 0.150 e. The molecule has 0 bridgehead atoms. The van der Waals surface area contributed by atoms with E-state index >= 15 is 0 Å². The molecular weight excluding hydrogens is 348 g/mol. The summed E-state index contributed by atoms with van der Waals surface area (Å²) in [6, 6.07) is 8.42. The van der Waals surface area contributed by atoms with Crippen LogP contribution in [0.25, 0.3) is 0 Å². The van der Waals surface area contributed by atoms with E-state index in [0.29, 0.717) is 16.9 Å². The fraction of sp³-hybridized carbons (Fsp3) is 0.263. The van der Waals surface area contributed by atoms with Gasteiger partial charge in [0.25, 0.3) is 0 Å². The summed E-state index contributed by atoms with van der Waals surface area (Å²) in [5.74, 6) is 1.46. The maximum absolute atomic E-state index is 5.94. The van der Waals surface area contributed by atoms with Crippen LogP contribution in [-0.4, -0.2) is 31.4 Å². The van der Waals surface area contributed by atoms with Crippen molar-refractivity contribution in [1.82, 2.24) is 24.8 Å². The molecule has 1 fully saturated rings. The van der Waals surface area contributed by atoms with Crippen molar-refractivity contribution in [3.05, 3.63) is 71.5 Å². The summed E-state index contributed by atoms with van der Waals surface area (Å²) in [6.07, 6.45) is 10.8. The van der Waals surface area contributed by atoms with E-state index in [0.717, 1.165) is 31.0 Å². The zero-order valence-corrected chi connectivity index (χ0v) is 15.0. The second-order valence-electron chi connectivity index (χ2n) is 6.29. The van der Waals surface area contributed by atoms with Gasteiger partial charge in [-0.1, -0.05) is 11.6 Å². The number of halogens is 1. The standard InChI is InChI=1S/C19H19ClN6/c20-15-3-4-16(24-11-15)13-26-9-1-2-17(26)14-5-6-22-18(10-14)25-19-12-21-7-8-23-19/h3-8,10-12,17H,1-2,9,13H2,(H,22,23,25)/t17-/m0/s1. The second-order valence-corrected chi connectivity index (χ2v) is 6.72. The van der Waals surface area contributed by atoms with Crippen LogP contribution in [0.15, 0.2) is 55.2 Å². The Hall–Kier alpha value is -2.57. The highest BCUT2D eigenvalue weighted by Crippen LogP contribution is 2.33. The van der Waals surface area contributed by atoms with E-state index in [-0.39, 0.29) is 0 Å². The molecule has 26 heavy (non-hydrogen) atoms. The molecule has 6 nitrogen and oxygen atoms in total. The van der Waals surface area contributed by atoms with Gasteiger partial charge in [0.05, 0.1) is 16.9 Å². The Kier molecular flexibility index (Phi) is 5.04. The molecule has 4 rings (SSSR count). The highest BCUT2D eigenvalue weighted by atomic mass is 35.5. The van der Waals surface area contributed by atoms with Gasteiger partial charge in [0, 0.05) is 37.4 Å². The Morgan fingerprint density at radius 2 is 1.96 bits per heavy atom. The van der Waals surface area contributed by atoms with E-state index in [2.05, 4.69) is 42.3 Å². The van der Waals surface area contributed by atoms with Crippen LogP contribution in [-0.2, 0) is 6.54 Å². The van der Waals surface area contributed by atoms with Gasteiger partial charge in [-0.25, -0.2) is 9.97 Å². The molecule has 1 aliphatic heterocycles. The van der Waals surface area contributed by atoms with Gasteiger partial charge < -0.3 is 5.32 Å². The van der Waals surface area contributed by atoms with Crippen LogP contribution in [0, 0.1) is 0 Å². The molecule has 0 unspecified atom stereocenters. The summed E-state index contributed by atoms with van der Waals surface area (Å²) in [6.45, 7) is 1.88. The SMILES string of the molecule is Clc1ccc(CN2CCC[C@H]2c2ccnc(Nc3cnccn3)c2)nc1. The van der Waals surface area contributed by atoms with Gasteiger partial charge in [-0.05, 0) is 49.2 Å². The van der Waals surface area contributed by atoms with Crippen LogP contribution < -0.4 is 5.32 Å². The first-order chi connectivity index (χ1) is 12.8. The maximum Gasteiger partial charge on any atom is 0.150 e. The Balaban J connectivity index is 1.50. The lowest BCUT2D eigenvalue weighted by atomic mass is 10.1. The van der Waals surface area contributed by atoms with E-state index in [1.54, 1.807) is 24.8 Å². The monoisotopic (exact) mass is 366 g/mol. The van der Waals surface area contributed by atoms with Crippen LogP contribution in [0.5, 0.6) is 0 Å². The van der Waals surface area contributed by atoms with Crippen LogP contribution in [0.3, 0.4) is 0 Å². The van der Waals surface area contributed by atoms with Gasteiger partial charge >= 0.3 is 0 Å². The minimum absolute atomic E-state index is 0.359. The van der Waals surface area contributed by atoms with Crippen molar-refractivity contribution in [3.8, 4) is 0 Å². The van der Waals surface area contributed by atoms with Crippen molar-refractivity contribution in [2.24, 2.45) is 0 Å². The summed E-state index contributed by atoms with van der Waals surface area (Å²) in [4.78, 5) is 19.6. The maximum atomic E-state index is 5.94. The summed E-state index contributed by atoms with van der Waals surface area (Å²) in [5.41, 5.74) is 2.28. The predicted molar refractivity (Wildman–Crippen MR) is 101 cm³/mol. The normalized spacial score (nSPS) is 17.3. The molecular formula is C19H19ClN6. The molecule has 4 heterocycles. The van der Waals surface area contributed by atoms with Crippen molar-refractivity contribution in [1.29, 1.82) is 0 Å². The van der Waals surface area contributed by atoms with Gasteiger partial charge in [0.1, 0.15) is 11.6 Å². The lowest BCUT2D eigenvalue weighted by Crippen LogP contribution is -2.23. The number of hydrogen-bond acceptors (Lipinski definition) is 6. The number of rotatable bonds is 5. The molecule has 0 radical (unpaired) electrons. The van der Waals surface area contributed by atoms with Gasteiger partial charge in [-0.3, -0.25) is 14.9 Å². The molecule has 1 N–H and O–H groups in total. The van der Waals surface area contributed by atoms with Crippen molar-refractivity contribution in [2.75, 3.05) is 11.9 Å². The number of anilines is 2. The molecule has 132 valence electrons. The first-order valence-corrected chi connectivity index (χ1v) is 8.99. The number of hydrogen-bond donors (Lipinski definition) is 1. The molecule has 7 heteroatoms. The lowest BCUT2D eigenvalue weighted by Gasteiger charge is -2.24. The van der Waals surface area contributed by atoms with Crippen LogP contribution in [0.1, 0.15) is 30.1 Å². The fourth-order valence-electron chi connectivity index (χ4n) is 3.32. The summed E-state index contributed by atoms with van der Waals surface area (Å²) >= 11 is 5.94. The average Bonchev–Trinajstić information content (AvgIpc) is 3.13. The Labute approximate surface area is 157 Å². The van der Waals surface area contributed by atoms with Gasteiger partial charge in [0.15, 0.2) is 0 Å². The fourth-order valence-corrected chi connectivity index (χ4v) is 3.43. The van der Waals surface area contributed by atoms with Crippen LogP contribution >= 0.6 is 11.6 Å². The van der Waals surface area contributed by atoms with Gasteiger partial charge in [0.2, 0.25) is 0 Å². The summed E-state index contributed by atoms with van der Waals surface area (Å²) in [5, 5.41) is 3.88. The molecule has 0 saturated carbocycles. The number of likely N-dealkylation sites (tertiary alicyclic amines) is 1. The molecule has 1 saturated heterocycles.